The fraction of sp³-hybridized carbons (Fsp3) is 0.0833. The van der Waals surface area contributed by atoms with Gasteiger partial charge < -0.3 is 9.88 Å². The minimum absolute atomic E-state index is 0.0551. The molecule has 0 aliphatic carbocycles. The van der Waals surface area contributed by atoms with Crippen molar-refractivity contribution < 1.29 is 18.0 Å². The molecule has 2 aromatic rings. The second-order valence-corrected chi connectivity index (χ2v) is 3.71. The molecule has 3 nitrogen and oxygen atoms in total. The smallest absolute Gasteiger partial charge is 0.275 e. The van der Waals surface area contributed by atoms with Gasteiger partial charge in [-0.2, -0.15) is 0 Å². The molecule has 0 aliphatic rings. The first-order valence-electron chi connectivity index (χ1n) is 5.06. The fourth-order valence-electron chi connectivity index (χ4n) is 1.53. The maximum Gasteiger partial charge on any atom is 0.275 e. The van der Waals surface area contributed by atoms with Crippen molar-refractivity contribution in [2.45, 2.75) is 0 Å². The van der Waals surface area contributed by atoms with Crippen LogP contribution >= 0.6 is 0 Å². The number of benzene rings is 1. The van der Waals surface area contributed by atoms with Gasteiger partial charge in [0.05, 0.1) is 0 Å². The summed E-state index contributed by atoms with van der Waals surface area (Å²) in [5, 5.41) is 2.29. The molecule has 6 heteroatoms. The van der Waals surface area contributed by atoms with Gasteiger partial charge in [-0.3, -0.25) is 4.79 Å². The Hall–Kier alpha value is -2.24. The van der Waals surface area contributed by atoms with E-state index in [9.17, 15) is 18.0 Å². The number of aromatic nitrogens is 1. The number of aryl methyl sites for hydroxylation is 1. The third-order valence-electron chi connectivity index (χ3n) is 2.42. The van der Waals surface area contributed by atoms with E-state index in [1.165, 1.54) is 23.9 Å². The van der Waals surface area contributed by atoms with Crippen molar-refractivity contribution in [3.05, 3.63) is 53.6 Å². The molecule has 1 N–H and O–H groups in total. The van der Waals surface area contributed by atoms with E-state index in [0.717, 1.165) is 18.2 Å². The van der Waals surface area contributed by atoms with Gasteiger partial charge in [0.1, 0.15) is 5.69 Å². The van der Waals surface area contributed by atoms with E-state index in [-0.39, 0.29) is 11.4 Å². The number of carbonyl (C=O) groups is 1. The Morgan fingerprint density at radius 1 is 1.11 bits per heavy atom. The third-order valence-corrected chi connectivity index (χ3v) is 2.42. The number of amides is 1. The molecular formula is C12H9F3N2O. The van der Waals surface area contributed by atoms with Crippen molar-refractivity contribution in [2.24, 2.45) is 7.05 Å². The quantitative estimate of drug-likeness (QED) is 0.878. The van der Waals surface area contributed by atoms with E-state index >= 15 is 0 Å². The standard InChI is InChI=1S/C12H9F3N2O/c1-17-5-4-9(14)11(17)12(18)16-7-2-3-8(13)10(15)6-7/h2-6H,1H3,(H,16,18). The van der Waals surface area contributed by atoms with Gasteiger partial charge in [0.15, 0.2) is 17.5 Å². The average Bonchev–Trinajstić information content (AvgIpc) is 2.64. The summed E-state index contributed by atoms with van der Waals surface area (Å²) < 4.78 is 40.2. The van der Waals surface area contributed by atoms with E-state index < -0.39 is 23.4 Å². The maximum absolute atomic E-state index is 13.3. The van der Waals surface area contributed by atoms with Crippen molar-refractivity contribution in [1.82, 2.24) is 4.57 Å². The topological polar surface area (TPSA) is 34.0 Å². The lowest BCUT2D eigenvalue weighted by Gasteiger charge is -2.06. The molecule has 0 spiro atoms. The van der Waals surface area contributed by atoms with Crippen molar-refractivity contribution >= 4 is 11.6 Å². The summed E-state index contributed by atoms with van der Waals surface area (Å²) in [4.78, 5) is 11.7. The van der Waals surface area contributed by atoms with Crippen LogP contribution in [0.3, 0.4) is 0 Å². The highest BCUT2D eigenvalue weighted by Crippen LogP contribution is 2.15. The van der Waals surface area contributed by atoms with Crippen molar-refractivity contribution in [1.29, 1.82) is 0 Å². The van der Waals surface area contributed by atoms with Crippen LogP contribution in [-0.2, 0) is 7.05 Å². The lowest BCUT2D eigenvalue weighted by atomic mass is 10.3. The highest BCUT2D eigenvalue weighted by Gasteiger charge is 2.16. The van der Waals surface area contributed by atoms with Crippen LogP contribution in [0.1, 0.15) is 10.5 Å². The number of nitrogens with zero attached hydrogens (tertiary/aromatic N) is 1. The summed E-state index contributed by atoms with van der Waals surface area (Å²) in [7, 11) is 1.50. The number of halogens is 3. The number of anilines is 1. The molecule has 0 saturated carbocycles. The average molecular weight is 254 g/mol. The third kappa shape index (κ3) is 2.22. The van der Waals surface area contributed by atoms with Gasteiger partial charge in [-0.1, -0.05) is 0 Å². The summed E-state index contributed by atoms with van der Waals surface area (Å²) in [6, 6.07) is 4.04. The molecule has 0 atom stereocenters. The summed E-state index contributed by atoms with van der Waals surface area (Å²) in [5.74, 6) is -3.51. The molecule has 1 heterocycles. The zero-order chi connectivity index (χ0) is 13.3. The Morgan fingerprint density at radius 3 is 2.39 bits per heavy atom. The van der Waals surface area contributed by atoms with Crippen LogP contribution in [0.2, 0.25) is 0 Å². The molecule has 2 rings (SSSR count). The number of rotatable bonds is 2. The molecule has 1 aromatic heterocycles. The SMILES string of the molecule is Cn1ccc(F)c1C(=O)Nc1ccc(F)c(F)c1. The van der Waals surface area contributed by atoms with Crippen LogP contribution in [0, 0.1) is 17.5 Å². The van der Waals surface area contributed by atoms with E-state index in [1.54, 1.807) is 0 Å². The molecular weight excluding hydrogens is 245 g/mol. The minimum Gasteiger partial charge on any atom is -0.344 e. The van der Waals surface area contributed by atoms with E-state index in [4.69, 9.17) is 0 Å². The van der Waals surface area contributed by atoms with Crippen LogP contribution in [0.4, 0.5) is 18.9 Å². The molecule has 1 aromatic carbocycles. The number of hydrogen-bond acceptors (Lipinski definition) is 1. The number of hydrogen-bond donors (Lipinski definition) is 1. The first-order chi connectivity index (χ1) is 8.49. The summed E-state index contributed by atoms with van der Waals surface area (Å²) in [6.45, 7) is 0. The Balaban J connectivity index is 2.24. The molecule has 18 heavy (non-hydrogen) atoms. The maximum atomic E-state index is 13.3. The van der Waals surface area contributed by atoms with E-state index in [2.05, 4.69) is 5.32 Å². The van der Waals surface area contributed by atoms with E-state index in [0.29, 0.717) is 0 Å². The summed E-state index contributed by atoms with van der Waals surface area (Å²) >= 11 is 0. The fourth-order valence-corrected chi connectivity index (χ4v) is 1.53. The summed E-state index contributed by atoms with van der Waals surface area (Å²) in [5.41, 5.74) is -0.126. The molecule has 94 valence electrons. The number of carbonyl (C=O) groups excluding carboxylic acids is 1. The molecule has 0 fully saturated rings. The van der Waals surface area contributed by atoms with E-state index in [1.807, 2.05) is 0 Å². The number of nitrogens with one attached hydrogen (secondary N) is 1. The largest absolute Gasteiger partial charge is 0.344 e. The Labute approximate surface area is 101 Å². The van der Waals surface area contributed by atoms with Gasteiger partial charge in [0.25, 0.3) is 5.91 Å². The molecule has 0 saturated heterocycles. The van der Waals surface area contributed by atoms with Gasteiger partial charge in [-0.05, 0) is 18.2 Å². The highest BCUT2D eigenvalue weighted by molar-refractivity contribution is 6.03. The monoisotopic (exact) mass is 254 g/mol. The highest BCUT2D eigenvalue weighted by atomic mass is 19.2. The first-order valence-corrected chi connectivity index (χ1v) is 5.06. The van der Waals surface area contributed by atoms with Gasteiger partial charge in [-0.15, -0.1) is 0 Å². The second-order valence-electron chi connectivity index (χ2n) is 3.71. The summed E-state index contributed by atoms with van der Waals surface area (Å²) in [6.07, 6.45) is 1.38. The Kier molecular flexibility index (Phi) is 3.10. The van der Waals surface area contributed by atoms with Crippen LogP contribution in [0.15, 0.2) is 30.5 Å². The van der Waals surface area contributed by atoms with Crippen molar-refractivity contribution in [3.63, 3.8) is 0 Å². The minimum atomic E-state index is -1.08. The van der Waals surface area contributed by atoms with Gasteiger partial charge in [-0.25, -0.2) is 13.2 Å². The predicted molar refractivity (Wildman–Crippen MR) is 59.7 cm³/mol. The molecule has 0 bridgehead atoms. The van der Waals surface area contributed by atoms with Crippen LogP contribution in [0.5, 0.6) is 0 Å². The van der Waals surface area contributed by atoms with Crippen molar-refractivity contribution in [3.8, 4) is 0 Å². The Bertz CT molecular complexity index is 588. The lowest BCUT2D eigenvalue weighted by molar-refractivity contribution is 0.101. The van der Waals surface area contributed by atoms with Crippen LogP contribution in [-0.4, -0.2) is 10.5 Å². The van der Waals surface area contributed by atoms with Gasteiger partial charge in [0.2, 0.25) is 0 Å². The van der Waals surface area contributed by atoms with Gasteiger partial charge in [0, 0.05) is 25.0 Å². The zero-order valence-electron chi connectivity index (χ0n) is 9.38. The first kappa shape index (κ1) is 12.2. The van der Waals surface area contributed by atoms with Crippen molar-refractivity contribution in [2.75, 3.05) is 5.32 Å². The Morgan fingerprint density at radius 2 is 1.83 bits per heavy atom. The normalized spacial score (nSPS) is 10.4. The van der Waals surface area contributed by atoms with Gasteiger partial charge >= 0.3 is 0 Å². The molecule has 0 radical (unpaired) electrons. The predicted octanol–water partition coefficient (Wildman–Crippen LogP) is 2.69. The zero-order valence-corrected chi connectivity index (χ0v) is 9.38. The molecule has 1 amide bonds. The van der Waals surface area contributed by atoms with Crippen LogP contribution in [0.25, 0.3) is 0 Å². The van der Waals surface area contributed by atoms with Crippen LogP contribution < -0.4 is 5.32 Å². The molecule has 0 unspecified atom stereocenters. The lowest BCUT2D eigenvalue weighted by Crippen LogP contribution is -2.17. The second kappa shape index (κ2) is 4.56. The molecule has 0 aliphatic heterocycles.